The number of hydrogen-bond donors (Lipinski definition) is 1. The second kappa shape index (κ2) is 10.2. The van der Waals surface area contributed by atoms with Gasteiger partial charge in [-0.05, 0) is 79.1 Å². The van der Waals surface area contributed by atoms with Crippen LogP contribution in [0, 0.1) is 25.2 Å². The SMILES string of the molecule is Cc1ccc(COc2ccc(Cl)cc2/C=C(\C#N)C(=O)Nc2ccc(Cl)cc2)cc1C. The van der Waals surface area contributed by atoms with Gasteiger partial charge >= 0.3 is 0 Å². The molecule has 3 rings (SSSR count). The van der Waals surface area contributed by atoms with Crippen molar-refractivity contribution in [3.8, 4) is 11.8 Å². The highest BCUT2D eigenvalue weighted by molar-refractivity contribution is 6.31. The first-order valence-corrected chi connectivity index (χ1v) is 10.3. The first-order valence-electron chi connectivity index (χ1n) is 9.53. The van der Waals surface area contributed by atoms with Gasteiger partial charge in [-0.25, -0.2) is 0 Å². The number of nitriles is 1. The Balaban J connectivity index is 1.82. The first kappa shape index (κ1) is 22.4. The average Bonchev–Trinajstić information content (AvgIpc) is 2.75. The minimum absolute atomic E-state index is 0.0757. The molecular formula is C25H20Cl2N2O2. The van der Waals surface area contributed by atoms with Gasteiger partial charge in [0.15, 0.2) is 0 Å². The summed E-state index contributed by atoms with van der Waals surface area (Å²) < 4.78 is 5.97. The van der Waals surface area contributed by atoms with Crippen LogP contribution in [-0.4, -0.2) is 5.91 Å². The van der Waals surface area contributed by atoms with E-state index in [1.807, 2.05) is 25.1 Å². The molecule has 0 radical (unpaired) electrons. The maximum Gasteiger partial charge on any atom is 0.266 e. The van der Waals surface area contributed by atoms with Gasteiger partial charge in [-0.2, -0.15) is 5.26 Å². The van der Waals surface area contributed by atoms with Gasteiger partial charge in [0.25, 0.3) is 5.91 Å². The van der Waals surface area contributed by atoms with Crippen LogP contribution in [0.1, 0.15) is 22.3 Å². The maximum atomic E-state index is 12.6. The molecule has 6 heteroatoms. The molecule has 3 aromatic rings. The zero-order valence-electron chi connectivity index (χ0n) is 17.1. The lowest BCUT2D eigenvalue weighted by Crippen LogP contribution is -2.13. The van der Waals surface area contributed by atoms with Gasteiger partial charge in [-0.15, -0.1) is 0 Å². The molecule has 31 heavy (non-hydrogen) atoms. The summed E-state index contributed by atoms with van der Waals surface area (Å²) in [5, 5.41) is 13.2. The smallest absolute Gasteiger partial charge is 0.266 e. The molecule has 1 amide bonds. The number of carbonyl (C=O) groups is 1. The fourth-order valence-corrected chi connectivity index (χ4v) is 3.16. The van der Waals surface area contributed by atoms with E-state index in [1.54, 1.807) is 42.5 Å². The molecule has 0 aromatic heterocycles. The largest absolute Gasteiger partial charge is 0.488 e. The van der Waals surface area contributed by atoms with Crippen molar-refractivity contribution in [2.45, 2.75) is 20.5 Å². The molecular weight excluding hydrogens is 431 g/mol. The number of amides is 1. The molecule has 1 N–H and O–H groups in total. The fourth-order valence-electron chi connectivity index (χ4n) is 2.85. The zero-order valence-corrected chi connectivity index (χ0v) is 18.6. The number of nitrogens with one attached hydrogen (secondary N) is 1. The minimum Gasteiger partial charge on any atom is -0.488 e. The van der Waals surface area contributed by atoms with Crippen LogP contribution in [0.15, 0.2) is 66.2 Å². The van der Waals surface area contributed by atoms with Crippen molar-refractivity contribution in [1.82, 2.24) is 0 Å². The van der Waals surface area contributed by atoms with Crippen LogP contribution < -0.4 is 10.1 Å². The third-order valence-electron chi connectivity index (χ3n) is 4.70. The van der Waals surface area contributed by atoms with Crippen LogP contribution in [0.25, 0.3) is 6.08 Å². The molecule has 0 aliphatic heterocycles. The summed E-state index contributed by atoms with van der Waals surface area (Å²) in [7, 11) is 0. The summed E-state index contributed by atoms with van der Waals surface area (Å²) in [4.78, 5) is 12.6. The first-order chi connectivity index (χ1) is 14.9. The van der Waals surface area contributed by atoms with Gasteiger partial charge in [0.2, 0.25) is 0 Å². The Morgan fingerprint density at radius 3 is 2.39 bits per heavy atom. The fraction of sp³-hybridized carbons (Fsp3) is 0.120. The highest BCUT2D eigenvalue weighted by Crippen LogP contribution is 2.27. The molecule has 0 heterocycles. The molecule has 0 saturated heterocycles. The molecule has 4 nitrogen and oxygen atoms in total. The minimum atomic E-state index is -0.537. The summed E-state index contributed by atoms with van der Waals surface area (Å²) in [6, 6.07) is 19.8. The van der Waals surface area contributed by atoms with Crippen molar-refractivity contribution >= 4 is 40.9 Å². The van der Waals surface area contributed by atoms with Crippen LogP contribution in [0.5, 0.6) is 5.75 Å². The molecule has 0 atom stereocenters. The van der Waals surface area contributed by atoms with Crippen LogP contribution in [0.4, 0.5) is 5.69 Å². The number of rotatable bonds is 6. The van der Waals surface area contributed by atoms with E-state index in [4.69, 9.17) is 27.9 Å². The Bertz CT molecular complexity index is 1180. The molecule has 0 unspecified atom stereocenters. The van der Waals surface area contributed by atoms with Gasteiger partial charge in [0.05, 0.1) is 0 Å². The summed E-state index contributed by atoms with van der Waals surface area (Å²) in [6.45, 7) is 4.46. The lowest BCUT2D eigenvalue weighted by molar-refractivity contribution is -0.112. The van der Waals surface area contributed by atoms with Crippen LogP contribution in [0.3, 0.4) is 0 Å². The Hall–Kier alpha value is -3.26. The zero-order chi connectivity index (χ0) is 22.4. The Kier molecular flexibility index (Phi) is 7.36. The molecule has 156 valence electrons. The third kappa shape index (κ3) is 6.11. The summed E-state index contributed by atoms with van der Waals surface area (Å²) >= 11 is 12.0. The third-order valence-corrected chi connectivity index (χ3v) is 5.19. The van der Waals surface area contributed by atoms with Crippen molar-refractivity contribution in [2.75, 3.05) is 5.32 Å². The summed E-state index contributed by atoms with van der Waals surface area (Å²) in [5.41, 5.74) is 4.42. The average molecular weight is 451 g/mol. The predicted octanol–water partition coefficient (Wildman–Crippen LogP) is 6.73. The highest BCUT2D eigenvalue weighted by atomic mass is 35.5. The molecule has 3 aromatic carbocycles. The number of nitrogens with zero attached hydrogens (tertiary/aromatic N) is 1. The van der Waals surface area contributed by atoms with E-state index in [-0.39, 0.29) is 5.57 Å². The number of anilines is 1. The van der Waals surface area contributed by atoms with Gasteiger partial charge in [0.1, 0.15) is 24.0 Å². The highest BCUT2D eigenvalue weighted by Gasteiger charge is 2.12. The van der Waals surface area contributed by atoms with Crippen LogP contribution >= 0.6 is 23.2 Å². The maximum absolute atomic E-state index is 12.6. The number of hydrogen-bond acceptors (Lipinski definition) is 3. The molecule has 0 spiro atoms. The lowest BCUT2D eigenvalue weighted by Gasteiger charge is -2.12. The van der Waals surface area contributed by atoms with Crippen molar-refractivity contribution in [2.24, 2.45) is 0 Å². The second-order valence-corrected chi connectivity index (χ2v) is 7.89. The molecule has 0 aliphatic carbocycles. The van der Waals surface area contributed by atoms with Gasteiger partial charge < -0.3 is 10.1 Å². The van der Waals surface area contributed by atoms with Crippen molar-refractivity contribution in [3.63, 3.8) is 0 Å². The topological polar surface area (TPSA) is 62.1 Å². The Morgan fingerprint density at radius 2 is 1.71 bits per heavy atom. The van der Waals surface area contributed by atoms with Gasteiger partial charge in [-0.1, -0.05) is 41.4 Å². The van der Waals surface area contributed by atoms with E-state index in [0.29, 0.717) is 33.7 Å². The monoisotopic (exact) mass is 450 g/mol. The van der Waals surface area contributed by atoms with E-state index in [9.17, 15) is 10.1 Å². The standard InChI is InChI=1S/C25H20Cl2N2O2/c1-16-3-4-18(11-17(16)2)15-31-24-10-7-22(27)13-19(24)12-20(14-28)25(30)29-23-8-5-21(26)6-9-23/h3-13H,15H2,1-2H3,(H,29,30)/b20-12+. The molecule has 0 fully saturated rings. The number of aryl methyl sites for hydroxylation is 2. The van der Waals surface area contributed by atoms with Crippen LogP contribution in [0.2, 0.25) is 10.0 Å². The molecule has 0 aliphatic rings. The molecule has 0 bridgehead atoms. The lowest BCUT2D eigenvalue weighted by atomic mass is 10.1. The summed E-state index contributed by atoms with van der Waals surface area (Å²) in [5.74, 6) is -0.0143. The second-order valence-electron chi connectivity index (χ2n) is 7.02. The normalized spacial score (nSPS) is 11.0. The van der Waals surface area contributed by atoms with Crippen molar-refractivity contribution < 1.29 is 9.53 Å². The number of benzene rings is 3. The molecule has 0 saturated carbocycles. The number of ether oxygens (including phenoxy) is 1. The van der Waals surface area contributed by atoms with E-state index in [0.717, 1.165) is 5.56 Å². The number of carbonyl (C=O) groups excluding carboxylic acids is 1. The van der Waals surface area contributed by atoms with Gasteiger partial charge in [-0.3, -0.25) is 4.79 Å². The van der Waals surface area contributed by atoms with E-state index >= 15 is 0 Å². The van der Waals surface area contributed by atoms with Crippen LogP contribution in [-0.2, 0) is 11.4 Å². The summed E-state index contributed by atoms with van der Waals surface area (Å²) in [6.07, 6.45) is 1.47. The van der Waals surface area contributed by atoms with E-state index < -0.39 is 5.91 Å². The van der Waals surface area contributed by atoms with E-state index in [2.05, 4.69) is 18.3 Å². The quantitative estimate of drug-likeness (QED) is 0.334. The Labute approximate surface area is 191 Å². The predicted molar refractivity (Wildman–Crippen MR) is 125 cm³/mol. The van der Waals surface area contributed by atoms with E-state index in [1.165, 1.54) is 17.2 Å². The van der Waals surface area contributed by atoms with Crippen molar-refractivity contribution in [1.29, 1.82) is 5.26 Å². The number of halogens is 2. The van der Waals surface area contributed by atoms with Gasteiger partial charge in [0, 0.05) is 21.3 Å². The van der Waals surface area contributed by atoms with Crippen molar-refractivity contribution in [3.05, 3.63) is 98.5 Å². The Morgan fingerprint density at radius 1 is 1.00 bits per heavy atom.